The summed E-state index contributed by atoms with van der Waals surface area (Å²) in [6, 6.07) is 25.1. The van der Waals surface area contributed by atoms with Crippen LogP contribution in [0.4, 0.5) is 0 Å². The van der Waals surface area contributed by atoms with Crippen LogP contribution in [0.2, 0.25) is 0 Å². The summed E-state index contributed by atoms with van der Waals surface area (Å²) in [5.74, 6) is 0.433. The molecule has 6 heteroatoms. The molecule has 4 aromatic rings. The van der Waals surface area contributed by atoms with E-state index in [2.05, 4.69) is 5.48 Å². The van der Waals surface area contributed by atoms with Gasteiger partial charge in [-0.1, -0.05) is 66.7 Å². The summed E-state index contributed by atoms with van der Waals surface area (Å²) in [5.41, 5.74) is 7.99. The average molecular weight is 428 g/mol. The number of para-hydroxylation sites is 2. The van der Waals surface area contributed by atoms with Gasteiger partial charge in [0.15, 0.2) is 4.77 Å². The molecule has 2 heterocycles. The minimum atomic E-state index is -0.398. The van der Waals surface area contributed by atoms with Crippen molar-refractivity contribution in [2.75, 3.05) is 0 Å². The molecule has 31 heavy (non-hydrogen) atoms. The monoisotopic (exact) mass is 427 g/mol. The number of aryl methyl sites for hydroxylation is 2. The molecule has 1 aliphatic heterocycles. The third kappa shape index (κ3) is 3.12. The van der Waals surface area contributed by atoms with Gasteiger partial charge in [0, 0.05) is 0 Å². The number of rotatable bonds is 3. The van der Waals surface area contributed by atoms with E-state index in [4.69, 9.17) is 17.1 Å². The molecule has 1 N–H and O–H groups in total. The molecule has 1 aromatic heterocycles. The lowest BCUT2D eigenvalue weighted by atomic mass is 10.0. The van der Waals surface area contributed by atoms with Crippen LogP contribution in [-0.4, -0.2) is 9.13 Å². The smallest absolute Gasteiger partial charge is 0.268 e. The first-order valence-corrected chi connectivity index (χ1v) is 10.5. The summed E-state index contributed by atoms with van der Waals surface area (Å²) in [7, 11) is 0. The van der Waals surface area contributed by atoms with Gasteiger partial charge in [0.2, 0.25) is 5.88 Å². The van der Waals surface area contributed by atoms with Crippen molar-refractivity contribution in [1.82, 2.24) is 14.6 Å². The molecule has 154 valence electrons. The second-order valence-electron chi connectivity index (χ2n) is 7.61. The van der Waals surface area contributed by atoms with Crippen molar-refractivity contribution < 1.29 is 4.84 Å². The molecular weight excluding hydrogens is 406 g/mol. The van der Waals surface area contributed by atoms with Crippen molar-refractivity contribution in [2.45, 2.75) is 19.9 Å². The van der Waals surface area contributed by atoms with E-state index in [1.54, 1.807) is 4.57 Å². The number of hydrogen-bond donors (Lipinski definition) is 1. The fourth-order valence-corrected chi connectivity index (χ4v) is 4.42. The first kappa shape index (κ1) is 19.5. The van der Waals surface area contributed by atoms with E-state index in [1.807, 2.05) is 97.3 Å². The lowest BCUT2D eigenvalue weighted by Crippen LogP contribution is -2.28. The molecule has 0 aliphatic carbocycles. The molecule has 3 aromatic carbocycles. The summed E-state index contributed by atoms with van der Waals surface area (Å²) in [4.78, 5) is 19.8. The van der Waals surface area contributed by atoms with Crippen LogP contribution in [0.25, 0.3) is 11.4 Å². The van der Waals surface area contributed by atoms with Gasteiger partial charge in [0.25, 0.3) is 5.56 Å². The second-order valence-corrected chi connectivity index (χ2v) is 7.98. The minimum Gasteiger partial charge on any atom is -0.388 e. The summed E-state index contributed by atoms with van der Waals surface area (Å²) in [6.45, 7) is 4.00. The van der Waals surface area contributed by atoms with Crippen molar-refractivity contribution >= 4 is 12.2 Å². The summed E-state index contributed by atoms with van der Waals surface area (Å²) in [5, 5.41) is 0. The number of nitrogens with zero attached hydrogens (tertiary/aromatic N) is 2. The van der Waals surface area contributed by atoms with Crippen molar-refractivity contribution in [3.05, 3.63) is 116 Å². The van der Waals surface area contributed by atoms with Crippen LogP contribution >= 0.6 is 12.2 Å². The second kappa shape index (κ2) is 7.65. The van der Waals surface area contributed by atoms with Crippen LogP contribution in [0.3, 0.4) is 0 Å². The molecule has 0 bridgehead atoms. The van der Waals surface area contributed by atoms with Gasteiger partial charge < -0.3 is 4.84 Å². The molecular formula is C25H21N3O2S. The van der Waals surface area contributed by atoms with Gasteiger partial charge in [-0.15, -0.1) is 5.48 Å². The number of hydrogen-bond acceptors (Lipinski definition) is 4. The Morgan fingerprint density at radius 3 is 1.97 bits per heavy atom. The largest absolute Gasteiger partial charge is 0.388 e. The first-order chi connectivity index (χ1) is 15.1. The molecule has 0 saturated carbocycles. The zero-order valence-electron chi connectivity index (χ0n) is 17.2. The predicted molar refractivity (Wildman–Crippen MR) is 124 cm³/mol. The highest BCUT2D eigenvalue weighted by atomic mass is 32.1. The van der Waals surface area contributed by atoms with Crippen LogP contribution in [-0.2, 0) is 0 Å². The van der Waals surface area contributed by atoms with Crippen molar-refractivity contribution in [3.63, 3.8) is 0 Å². The Balaban J connectivity index is 1.90. The van der Waals surface area contributed by atoms with Gasteiger partial charge in [0.1, 0.15) is 11.6 Å². The third-order valence-electron chi connectivity index (χ3n) is 5.66. The molecule has 0 fully saturated rings. The fourth-order valence-electron chi connectivity index (χ4n) is 4.06. The SMILES string of the molecule is Cc1ccccc1-n1c2c(c(=O)n(-c3ccccc3C)c1=S)C(c1ccccc1)NO2. The van der Waals surface area contributed by atoms with Crippen LogP contribution < -0.4 is 15.9 Å². The first-order valence-electron chi connectivity index (χ1n) is 10.1. The van der Waals surface area contributed by atoms with Gasteiger partial charge in [-0.3, -0.25) is 13.9 Å². The van der Waals surface area contributed by atoms with E-state index in [-0.39, 0.29) is 5.56 Å². The number of nitrogens with one attached hydrogen (secondary N) is 1. The Labute approximate surface area is 185 Å². The molecule has 1 unspecified atom stereocenters. The van der Waals surface area contributed by atoms with Crippen LogP contribution in [0.15, 0.2) is 83.7 Å². The molecule has 0 amide bonds. The molecule has 1 aliphatic rings. The lowest BCUT2D eigenvalue weighted by Gasteiger charge is -2.18. The molecule has 0 saturated heterocycles. The van der Waals surface area contributed by atoms with E-state index in [9.17, 15) is 4.79 Å². The minimum absolute atomic E-state index is 0.182. The Hall–Kier alpha value is -3.48. The van der Waals surface area contributed by atoms with Gasteiger partial charge in [0.05, 0.1) is 11.4 Å². The molecule has 5 nitrogen and oxygen atoms in total. The van der Waals surface area contributed by atoms with Crippen LogP contribution in [0, 0.1) is 18.6 Å². The van der Waals surface area contributed by atoms with Crippen LogP contribution in [0.5, 0.6) is 5.88 Å². The van der Waals surface area contributed by atoms with Gasteiger partial charge >= 0.3 is 0 Å². The fraction of sp³-hybridized carbons (Fsp3) is 0.120. The molecule has 0 spiro atoms. The van der Waals surface area contributed by atoms with Gasteiger partial charge in [-0.05, 0) is 54.9 Å². The molecule has 1 atom stereocenters. The maximum Gasteiger partial charge on any atom is 0.268 e. The van der Waals surface area contributed by atoms with Crippen LogP contribution in [0.1, 0.15) is 28.3 Å². The standard InChI is InChI=1S/C25H21N3O2S/c1-16-10-6-8-14-19(16)27-23(29)21-22(18-12-4-3-5-13-18)26-30-24(21)28(25(27)31)20-15-9-7-11-17(20)2/h3-15,22,26H,1-2H3. The Bertz CT molecular complexity index is 1410. The Morgan fingerprint density at radius 2 is 1.35 bits per heavy atom. The zero-order chi connectivity index (χ0) is 21.5. The highest BCUT2D eigenvalue weighted by Crippen LogP contribution is 2.35. The summed E-state index contributed by atoms with van der Waals surface area (Å²) in [6.07, 6.45) is 0. The normalized spacial score (nSPS) is 14.8. The van der Waals surface area contributed by atoms with Gasteiger partial charge in [-0.2, -0.15) is 0 Å². The molecule has 0 radical (unpaired) electrons. The van der Waals surface area contributed by atoms with E-state index in [0.29, 0.717) is 16.2 Å². The lowest BCUT2D eigenvalue weighted by molar-refractivity contribution is 0.195. The maximum absolute atomic E-state index is 13.8. The van der Waals surface area contributed by atoms with E-state index >= 15 is 0 Å². The number of hydroxylamine groups is 1. The Morgan fingerprint density at radius 1 is 0.806 bits per heavy atom. The van der Waals surface area contributed by atoms with Gasteiger partial charge in [-0.25, -0.2) is 0 Å². The topological polar surface area (TPSA) is 48.2 Å². The summed E-state index contributed by atoms with van der Waals surface area (Å²) < 4.78 is 3.83. The zero-order valence-corrected chi connectivity index (χ0v) is 18.0. The third-order valence-corrected chi connectivity index (χ3v) is 6.02. The maximum atomic E-state index is 13.8. The Kier molecular flexibility index (Phi) is 4.81. The highest BCUT2D eigenvalue weighted by molar-refractivity contribution is 7.71. The number of fused-ring (bicyclic) bond motifs is 1. The van der Waals surface area contributed by atoms with E-state index in [0.717, 1.165) is 28.1 Å². The van der Waals surface area contributed by atoms with E-state index in [1.165, 1.54) is 0 Å². The highest BCUT2D eigenvalue weighted by Gasteiger charge is 2.34. The average Bonchev–Trinajstić information content (AvgIpc) is 3.22. The predicted octanol–water partition coefficient (Wildman–Crippen LogP) is 4.96. The number of benzene rings is 3. The van der Waals surface area contributed by atoms with Crippen molar-refractivity contribution in [2.24, 2.45) is 0 Å². The number of aromatic nitrogens is 2. The quantitative estimate of drug-likeness (QED) is 0.470. The van der Waals surface area contributed by atoms with Crippen molar-refractivity contribution in [1.29, 1.82) is 0 Å². The van der Waals surface area contributed by atoms with E-state index < -0.39 is 6.04 Å². The molecule has 5 rings (SSSR count). The van der Waals surface area contributed by atoms with Crippen molar-refractivity contribution in [3.8, 4) is 17.3 Å². The summed E-state index contributed by atoms with van der Waals surface area (Å²) >= 11 is 5.88.